The highest BCUT2D eigenvalue weighted by atomic mass is 19.3. The lowest BCUT2D eigenvalue weighted by Gasteiger charge is -2.20. The van der Waals surface area contributed by atoms with Gasteiger partial charge in [0.1, 0.15) is 0 Å². The molecule has 1 unspecified atom stereocenters. The van der Waals surface area contributed by atoms with Crippen molar-refractivity contribution in [2.45, 2.75) is 32.1 Å². The Bertz CT molecular complexity index is 310. The molecule has 1 aromatic carbocycles. The molecule has 3 heteroatoms. The molecule has 0 radical (unpaired) electrons. The van der Waals surface area contributed by atoms with E-state index in [1.165, 1.54) is 0 Å². The number of benzene rings is 1. The van der Waals surface area contributed by atoms with Gasteiger partial charge in [0.2, 0.25) is 6.43 Å². The summed E-state index contributed by atoms with van der Waals surface area (Å²) in [7, 11) is 0. The van der Waals surface area contributed by atoms with E-state index in [4.69, 9.17) is 5.73 Å². The van der Waals surface area contributed by atoms with Gasteiger partial charge in [0.05, 0.1) is 5.92 Å². The molecule has 1 rings (SSSR count). The summed E-state index contributed by atoms with van der Waals surface area (Å²) in [4.78, 5) is 0. The molecule has 1 aromatic rings. The van der Waals surface area contributed by atoms with Crippen molar-refractivity contribution in [3.8, 4) is 0 Å². The number of rotatable bonds is 4. The Morgan fingerprint density at radius 1 is 1.13 bits per heavy atom. The number of hydrogen-bond acceptors (Lipinski definition) is 1. The molecular formula is C12H17F2N. The van der Waals surface area contributed by atoms with E-state index < -0.39 is 12.3 Å². The minimum absolute atomic E-state index is 0.0125. The van der Waals surface area contributed by atoms with Crippen LogP contribution < -0.4 is 5.73 Å². The van der Waals surface area contributed by atoms with E-state index in [9.17, 15) is 8.78 Å². The summed E-state index contributed by atoms with van der Waals surface area (Å²) in [6, 6.07) is 7.30. The SMILES string of the molecule is CC(C)c1ccccc1C(CN)C(F)F. The topological polar surface area (TPSA) is 26.0 Å². The third-order valence-corrected chi connectivity index (χ3v) is 2.58. The van der Waals surface area contributed by atoms with Gasteiger partial charge in [0.25, 0.3) is 0 Å². The molecule has 0 aliphatic heterocycles. The molecule has 0 aliphatic rings. The van der Waals surface area contributed by atoms with Gasteiger partial charge in [-0.1, -0.05) is 38.1 Å². The standard InChI is InChI=1S/C12H17F2N/c1-8(2)9-5-3-4-6-10(9)11(7-15)12(13)14/h3-6,8,11-12H,7,15H2,1-2H3. The second kappa shape index (κ2) is 5.21. The second-order valence-corrected chi connectivity index (χ2v) is 3.96. The summed E-state index contributed by atoms with van der Waals surface area (Å²) in [5.41, 5.74) is 7.05. The van der Waals surface area contributed by atoms with Crippen molar-refractivity contribution in [3.63, 3.8) is 0 Å². The van der Waals surface area contributed by atoms with Crippen molar-refractivity contribution in [2.75, 3.05) is 6.54 Å². The third-order valence-electron chi connectivity index (χ3n) is 2.58. The first-order valence-corrected chi connectivity index (χ1v) is 5.15. The van der Waals surface area contributed by atoms with E-state index in [-0.39, 0.29) is 12.5 Å². The summed E-state index contributed by atoms with van der Waals surface area (Å²) in [6.45, 7) is 3.98. The molecule has 0 fully saturated rings. The average molecular weight is 213 g/mol. The molecule has 84 valence electrons. The Morgan fingerprint density at radius 2 is 1.67 bits per heavy atom. The quantitative estimate of drug-likeness (QED) is 0.817. The number of nitrogens with two attached hydrogens (primary N) is 1. The van der Waals surface area contributed by atoms with Gasteiger partial charge in [-0.15, -0.1) is 0 Å². The van der Waals surface area contributed by atoms with Crippen molar-refractivity contribution in [3.05, 3.63) is 35.4 Å². The van der Waals surface area contributed by atoms with E-state index in [1.54, 1.807) is 12.1 Å². The van der Waals surface area contributed by atoms with Crippen LogP contribution >= 0.6 is 0 Å². The molecular weight excluding hydrogens is 196 g/mol. The first-order valence-electron chi connectivity index (χ1n) is 5.15. The lowest BCUT2D eigenvalue weighted by molar-refractivity contribution is 0.116. The van der Waals surface area contributed by atoms with Crippen molar-refractivity contribution in [1.82, 2.24) is 0 Å². The van der Waals surface area contributed by atoms with E-state index >= 15 is 0 Å². The molecule has 0 heterocycles. The minimum Gasteiger partial charge on any atom is -0.330 e. The van der Waals surface area contributed by atoms with Crippen LogP contribution in [-0.2, 0) is 0 Å². The molecule has 0 saturated carbocycles. The highest BCUT2D eigenvalue weighted by Crippen LogP contribution is 2.29. The van der Waals surface area contributed by atoms with Gasteiger partial charge in [-0.2, -0.15) is 0 Å². The van der Waals surface area contributed by atoms with Crippen LogP contribution in [0, 0.1) is 0 Å². The first-order chi connectivity index (χ1) is 7.07. The molecule has 0 amide bonds. The van der Waals surface area contributed by atoms with Gasteiger partial charge in [0, 0.05) is 6.54 Å². The van der Waals surface area contributed by atoms with Crippen molar-refractivity contribution in [1.29, 1.82) is 0 Å². The van der Waals surface area contributed by atoms with E-state index in [0.29, 0.717) is 5.56 Å². The fourth-order valence-electron chi connectivity index (χ4n) is 1.74. The number of alkyl halides is 2. The van der Waals surface area contributed by atoms with E-state index in [0.717, 1.165) is 5.56 Å². The molecule has 0 saturated heterocycles. The van der Waals surface area contributed by atoms with Crippen LogP contribution in [-0.4, -0.2) is 13.0 Å². The summed E-state index contributed by atoms with van der Waals surface area (Å²) >= 11 is 0. The van der Waals surface area contributed by atoms with Gasteiger partial charge in [-0.25, -0.2) is 8.78 Å². The zero-order chi connectivity index (χ0) is 11.4. The van der Waals surface area contributed by atoms with E-state index in [1.807, 2.05) is 26.0 Å². The number of hydrogen-bond donors (Lipinski definition) is 1. The second-order valence-electron chi connectivity index (χ2n) is 3.96. The maximum absolute atomic E-state index is 12.7. The van der Waals surface area contributed by atoms with Crippen LogP contribution in [0.5, 0.6) is 0 Å². The van der Waals surface area contributed by atoms with Gasteiger partial charge >= 0.3 is 0 Å². The van der Waals surface area contributed by atoms with Gasteiger partial charge < -0.3 is 5.73 Å². The molecule has 0 aliphatic carbocycles. The monoisotopic (exact) mass is 213 g/mol. The maximum atomic E-state index is 12.7. The van der Waals surface area contributed by atoms with Gasteiger partial charge in [0.15, 0.2) is 0 Å². The van der Waals surface area contributed by atoms with Gasteiger partial charge in [-0.3, -0.25) is 0 Å². The van der Waals surface area contributed by atoms with E-state index in [2.05, 4.69) is 0 Å². The Balaban J connectivity index is 3.11. The molecule has 2 N–H and O–H groups in total. The molecule has 1 atom stereocenters. The normalized spacial score (nSPS) is 13.5. The maximum Gasteiger partial charge on any atom is 0.246 e. The lowest BCUT2D eigenvalue weighted by Crippen LogP contribution is -2.21. The van der Waals surface area contributed by atoms with Crippen LogP contribution in [0.2, 0.25) is 0 Å². The van der Waals surface area contributed by atoms with Crippen molar-refractivity contribution < 1.29 is 8.78 Å². The zero-order valence-corrected chi connectivity index (χ0v) is 9.08. The molecule has 0 bridgehead atoms. The summed E-state index contributed by atoms with van der Waals surface area (Å²) < 4.78 is 25.5. The lowest BCUT2D eigenvalue weighted by atomic mass is 9.89. The summed E-state index contributed by atoms with van der Waals surface area (Å²) in [5.74, 6) is -0.599. The predicted octanol–water partition coefficient (Wildman–Crippen LogP) is 3.12. The Labute approximate surface area is 89.3 Å². The summed E-state index contributed by atoms with van der Waals surface area (Å²) in [6.07, 6.45) is -2.39. The predicted molar refractivity (Wildman–Crippen MR) is 58.3 cm³/mol. The molecule has 15 heavy (non-hydrogen) atoms. The van der Waals surface area contributed by atoms with Gasteiger partial charge in [-0.05, 0) is 17.0 Å². The average Bonchev–Trinajstić information content (AvgIpc) is 2.18. The Kier molecular flexibility index (Phi) is 4.21. The highest BCUT2D eigenvalue weighted by Gasteiger charge is 2.23. The molecule has 1 nitrogen and oxygen atoms in total. The molecule has 0 aromatic heterocycles. The minimum atomic E-state index is -2.39. The fraction of sp³-hybridized carbons (Fsp3) is 0.500. The van der Waals surface area contributed by atoms with Crippen LogP contribution in [0.3, 0.4) is 0 Å². The molecule has 0 spiro atoms. The Hall–Kier alpha value is -0.960. The first kappa shape index (κ1) is 12.1. The fourth-order valence-corrected chi connectivity index (χ4v) is 1.74. The van der Waals surface area contributed by atoms with Crippen LogP contribution in [0.1, 0.15) is 36.8 Å². The number of halogens is 2. The summed E-state index contributed by atoms with van der Waals surface area (Å²) in [5, 5.41) is 0. The third kappa shape index (κ3) is 2.75. The van der Waals surface area contributed by atoms with Crippen molar-refractivity contribution in [2.24, 2.45) is 5.73 Å². The largest absolute Gasteiger partial charge is 0.330 e. The highest BCUT2D eigenvalue weighted by molar-refractivity contribution is 5.33. The van der Waals surface area contributed by atoms with Crippen LogP contribution in [0.15, 0.2) is 24.3 Å². The zero-order valence-electron chi connectivity index (χ0n) is 9.08. The van der Waals surface area contributed by atoms with Crippen molar-refractivity contribution >= 4 is 0 Å². The Morgan fingerprint density at radius 3 is 2.07 bits per heavy atom. The van der Waals surface area contributed by atoms with Crippen LogP contribution in [0.4, 0.5) is 8.78 Å². The van der Waals surface area contributed by atoms with Crippen LogP contribution in [0.25, 0.3) is 0 Å². The smallest absolute Gasteiger partial charge is 0.246 e.